The van der Waals surface area contributed by atoms with Crippen LogP contribution in [0.5, 0.6) is 0 Å². The fourth-order valence-electron chi connectivity index (χ4n) is 2.49. The molecular formula is C19H21N3O2. The Kier molecular flexibility index (Phi) is 6.78. The number of rotatable bonds is 6. The van der Waals surface area contributed by atoms with Crippen LogP contribution in [0.3, 0.4) is 0 Å². The third kappa shape index (κ3) is 5.40. The molecule has 1 aliphatic heterocycles. The van der Waals surface area contributed by atoms with Crippen LogP contribution in [0.2, 0.25) is 0 Å². The van der Waals surface area contributed by atoms with Gasteiger partial charge in [0.25, 0.3) is 0 Å². The van der Waals surface area contributed by atoms with E-state index in [1.54, 1.807) is 19.3 Å². The maximum atomic E-state index is 11.4. The highest BCUT2D eigenvalue weighted by atomic mass is 16.5. The number of allylic oxidation sites excluding steroid dienone is 1. The Hall–Kier alpha value is -2.87. The monoisotopic (exact) mass is 323 g/mol. The van der Waals surface area contributed by atoms with Crippen LogP contribution in [0.1, 0.15) is 19.8 Å². The number of para-hydroxylation sites is 1. The number of hydrogen-bond acceptors (Lipinski definition) is 5. The Morgan fingerprint density at radius 2 is 2.25 bits per heavy atom. The third-order valence-corrected chi connectivity index (χ3v) is 3.63. The topological polar surface area (TPSA) is 65.7 Å². The van der Waals surface area contributed by atoms with E-state index < -0.39 is 0 Å². The van der Waals surface area contributed by atoms with Crippen molar-refractivity contribution in [3.05, 3.63) is 54.3 Å². The zero-order chi connectivity index (χ0) is 17.2. The minimum Gasteiger partial charge on any atom is -0.463 e. The molecule has 1 heterocycles. The number of esters is 1. The second-order valence-corrected chi connectivity index (χ2v) is 5.35. The summed E-state index contributed by atoms with van der Waals surface area (Å²) in [6.07, 6.45) is 8.64. The largest absolute Gasteiger partial charge is 0.463 e. The van der Waals surface area contributed by atoms with Crippen LogP contribution in [-0.4, -0.2) is 36.3 Å². The van der Waals surface area contributed by atoms with Gasteiger partial charge in [-0.3, -0.25) is 4.99 Å². The van der Waals surface area contributed by atoms with Crippen LogP contribution in [0.15, 0.2) is 59.2 Å². The highest BCUT2D eigenvalue weighted by Crippen LogP contribution is 2.20. The Morgan fingerprint density at radius 3 is 2.96 bits per heavy atom. The van der Waals surface area contributed by atoms with E-state index in [-0.39, 0.29) is 12.0 Å². The van der Waals surface area contributed by atoms with Crippen LogP contribution >= 0.6 is 0 Å². The number of ether oxygens (including phenoxy) is 1. The molecule has 1 aromatic rings. The molecule has 0 radical (unpaired) electrons. The smallest absolute Gasteiger partial charge is 0.330 e. The van der Waals surface area contributed by atoms with Gasteiger partial charge in [0.2, 0.25) is 0 Å². The van der Waals surface area contributed by atoms with Crippen LogP contribution in [0.25, 0.3) is 0 Å². The normalized spacial score (nSPS) is 18.2. The molecule has 124 valence electrons. The molecule has 5 heteroatoms. The van der Waals surface area contributed by atoms with Gasteiger partial charge in [-0.2, -0.15) is 5.26 Å². The number of carbonyl (C=O) groups excluding carboxylic acids is 1. The van der Waals surface area contributed by atoms with Crippen molar-refractivity contribution in [3.8, 4) is 6.07 Å². The molecular weight excluding hydrogens is 302 g/mol. The summed E-state index contributed by atoms with van der Waals surface area (Å²) in [6.45, 7) is 3.00. The lowest BCUT2D eigenvalue weighted by molar-refractivity contribution is -0.137. The summed E-state index contributed by atoms with van der Waals surface area (Å²) in [5, 5.41) is 9.31. The zero-order valence-corrected chi connectivity index (χ0v) is 13.8. The molecule has 0 aliphatic carbocycles. The second-order valence-electron chi connectivity index (χ2n) is 5.35. The lowest BCUT2D eigenvalue weighted by Gasteiger charge is -2.19. The minimum atomic E-state index is -0.334. The van der Waals surface area contributed by atoms with Crippen molar-refractivity contribution < 1.29 is 9.53 Å². The van der Waals surface area contributed by atoms with E-state index in [1.165, 1.54) is 6.08 Å². The van der Waals surface area contributed by atoms with E-state index in [1.807, 2.05) is 36.4 Å². The minimum absolute atomic E-state index is 0.0999. The number of benzene rings is 1. The number of nitriles is 1. The molecule has 0 saturated carbocycles. The molecule has 1 fully saturated rings. The summed E-state index contributed by atoms with van der Waals surface area (Å²) in [5.74, 6) is -0.334. The number of carbonyl (C=O) groups is 1. The van der Waals surface area contributed by atoms with Crippen LogP contribution < -0.4 is 0 Å². The highest BCUT2D eigenvalue weighted by molar-refractivity contribution is 5.85. The Balaban J connectivity index is 2.04. The highest BCUT2D eigenvalue weighted by Gasteiger charge is 2.20. The molecule has 0 unspecified atom stereocenters. The lowest BCUT2D eigenvalue weighted by Crippen LogP contribution is -2.23. The van der Waals surface area contributed by atoms with Crippen molar-refractivity contribution in [1.82, 2.24) is 4.90 Å². The van der Waals surface area contributed by atoms with E-state index >= 15 is 0 Å². The molecule has 0 amide bonds. The van der Waals surface area contributed by atoms with Crippen molar-refractivity contribution in [2.45, 2.75) is 25.8 Å². The van der Waals surface area contributed by atoms with Crippen molar-refractivity contribution >= 4 is 17.9 Å². The molecule has 1 aliphatic rings. The predicted molar refractivity (Wildman–Crippen MR) is 93.8 cm³/mol. The molecule has 2 rings (SSSR count). The Labute approximate surface area is 142 Å². The fraction of sp³-hybridized carbons (Fsp3) is 0.316. The first-order chi connectivity index (χ1) is 11.7. The summed E-state index contributed by atoms with van der Waals surface area (Å²) in [4.78, 5) is 17.8. The Bertz CT molecular complexity index is 672. The number of nitrogens with zero attached hydrogens (tertiary/aromatic N) is 3. The first kappa shape index (κ1) is 17.5. The van der Waals surface area contributed by atoms with E-state index in [2.05, 4.69) is 16.0 Å². The molecule has 1 atom stereocenters. The van der Waals surface area contributed by atoms with Gasteiger partial charge in [0.05, 0.1) is 17.9 Å². The summed E-state index contributed by atoms with van der Waals surface area (Å²) >= 11 is 0. The quantitative estimate of drug-likeness (QED) is 0.348. The van der Waals surface area contributed by atoms with Crippen molar-refractivity contribution in [2.75, 3.05) is 13.2 Å². The first-order valence-corrected chi connectivity index (χ1v) is 8.04. The van der Waals surface area contributed by atoms with Gasteiger partial charge in [0, 0.05) is 31.1 Å². The second kappa shape index (κ2) is 9.31. The average molecular weight is 323 g/mol. The zero-order valence-electron chi connectivity index (χ0n) is 13.8. The fourth-order valence-corrected chi connectivity index (χ4v) is 2.49. The van der Waals surface area contributed by atoms with Gasteiger partial charge in [-0.1, -0.05) is 24.3 Å². The first-order valence-electron chi connectivity index (χ1n) is 8.04. The molecule has 24 heavy (non-hydrogen) atoms. The molecule has 5 nitrogen and oxygen atoms in total. The molecule has 0 aromatic heterocycles. The summed E-state index contributed by atoms with van der Waals surface area (Å²) in [7, 11) is 0. The predicted octanol–water partition coefficient (Wildman–Crippen LogP) is 3.38. The van der Waals surface area contributed by atoms with Gasteiger partial charge in [-0.05, 0) is 31.9 Å². The van der Waals surface area contributed by atoms with E-state index in [0.29, 0.717) is 12.2 Å². The van der Waals surface area contributed by atoms with Crippen molar-refractivity contribution in [1.29, 1.82) is 5.26 Å². The Morgan fingerprint density at radius 1 is 1.46 bits per heavy atom. The van der Waals surface area contributed by atoms with Gasteiger partial charge < -0.3 is 9.64 Å². The van der Waals surface area contributed by atoms with E-state index in [0.717, 1.165) is 25.1 Å². The van der Waals surface area contributed by atoms with Crippen LogP contribution in [0.4, 0.5) is 5.69 Å². The van der Waals surface area contributed by atoms with Gasteiger partial charge in [0.1, 0.15) is 6.07 Å². The molecule has 1 aromatic carbocycles. The van der Waals surface area contributed by atoms with Gasteiger partial charge >= 0.3 is 5.97 Å². The van der Waals surface area contributed by atoms with Crippen molar-refractivity contribution in [3.63, 3.8) is 0 Å². The van der Waals surface area contributed by atoms with Gasteiger partial charge in [0.15, 0.2) is 0 Å². The van der Waals surface area contributed by atoms with Gasteiger partial charge in [-0.15, -0.1) is 0 Å². The maximum Gasteiger partial charge on any atom is 0.330 e. The van der Waals surface area contributed by atoms with E-state index in [4.69, 9.17) is 4.74 Å². The van der Waals surface area contributed by atoms with E-state index in [9.17, 15) is 10.1 Å². The lowest BCUT2D eigenvalue weighted by atomic mass is 10.2. The summed E-state index contributed by atoms with van der Waals surface area (Å²) in [5.41, 5.74) is 1.29. The molecule has 0 spiro atoms. The SMILES string of the molecule is CCOC(=O)/C=C/[C@@H]1CCCN1/C=C(/C#N)C=Nc1ccccc1. The average Bonchev–Trinajstić information content (AvgIpc) is 3.05. The maximum absolute atomic E-state index is 11.4. The van der Waals surface area contributed by atoms with Crippen molar-refractivity contribution in [2.24, 2.45) is 4.99 Å². The van der Waals surface area contributed by atoms with Crippen LogP contribution in [0, 0.1) is 11.3 Å². The number of aliphatic imine (C=N–C) groups is 1. The molecule has 0 N–H and O–H groups in total. The third-order valence-electron chi connectivity index (χ3n) is 3.63. The van der Waals surface area contributed by atoms with Gasteiger partial charge in [-0.25, -0.2) is 4.79 Å². The number of hydrogen-bond donors (Lipinski definition) is 0. The standard InChI is InChI=1S/C19H21N3O2/c1-2-24-19(23)11-10-18-9-6-12-22(18)15-16(13-20)14-21-17-7-4-3-5-8-17/h3-5,7-8,10-11,14-15,18H,2,6,9,12H2,1H3/b11-10+,16-15-,21-14?/t18-/m0/s1. The summed E-state index contributed by atoms with van der Waals surface area (Å²) in [6, 6.07) is 11.7. The molecule has 0 bridgehead atoms. The summed E-state index contributed by atoms with van der Waals surface area (Å²) < 4.78 is 4.89. The molecule has 1 saturated heterocycles. The number of likely N-dealkylation sites (tertiary alicyclic amines) is 1. The van der Waals surface area contributed by atoms with Crippen LogP contribution in [-0.2, 0) is 9.53 Å².